The Kier molecular flexibility index (Phi) is 10.6. The fraction of sp³-hybridized carbons (Fsp3) is 0.297. The van der Waals surface area contributed by atoms with Gasteiger partial charge < -0.3 is 44.5 Å². The molecule has 1 amide bonds. The van der Waals surface area contributed by atoms with Crippen molar-refractivity contribution in [3.05, 3.63) is 114 Å². The monoisotopic (exact) mass is 737 g/mol. The number of phenols is 1. The number of aromatic hydroxyl groups is 1. The highest BCUT2D eigenvalue weighted by Crippen LogP contribution is 2.49. The number of carboxylic acids is 1. The van der Waals surface area contributed by atoms with Crippen molar-refractivity contribution >= 4 is 27.7 Å². The van der Waals surface area contributed by atoms with Crippen LogP contribution in [0, 0.1) is 11.7 Å². The summed E-state index contributed by atoms with van der Waals surface area (Å²) in [7, 11) is -4.77. The van der Waals surface area contributed by atoms with Crippen LogP contribution in [0.2, 0.25) is 0 Å². The second kappa shape index (κ2) is 15.0. The number of nitrogens with zero attached hydrogens (tertiary/aromatic N) is 1. The molecular weight excluding hydrogens is 701 g/mol. The predicted molar refractivity (Wildman–Crippen MR) is 183 cm³/mol. The molecule has 8 atom stereocenters. The number of rotatable bonds is 12. The van der Waals surface area contributed by atoms with Gasteiger partial charge in [-0.15, -0.1) is 0 Å². The number of carbonyl (C=O) groups is 2. The summed E-state index contributed by atoms with van der Waals surface area (Å²) in [5, 5.41) is 61.0. The molecule has 15 heteroatoms. The molecule has 13 nitrogen and oxygen atoms in total. The molecule has 2 saturated heterocycles. The van der Waals surface area contributed by atoms with E-state index in [0.29, 0.717) is 22.4 Å². The lowest BCUT2D eigenvalue weighted by molar-refractivity contribution is -0.223. The molecule has 4 aromatic carbocycles. The fourth-order valence-electron chi connectivity index (χ4n) is 6.60. The summed E-state index contributed by atoms with van der Waals surface area (Å²) in [6.07, 6.45) is -10.7. The lowest BCUT2D eigenvalue weighted by Crippen LogP contribution is -2.61. The molecule has 0 saturated carbocycles. The first-order valence-corrected chi connectivity index (χ1v) is 17.9. The molecular formula is C37H36FNO12S. The van der Waals surface area contributed by atoms with Crippen LogP contribution >= 0.6 is 0 Å². The Morgan fingerprint density at radius 3 is 2.19 bits per heavy atom. The molecule has 2 fully saturated rings. The van der Waals surface area contributed by atoms with Gasteiger partial charge in [-0.3, -0.25) is 4.79 Å². The molecule has 0 aliphatic carbocycles. The summed E-state index contributed by atoms with van der Waals surface area (Å²) in [5.41, 5.74) is 2.26. The van der Waals surface area contributed by atoms with Crippen molar-refractivity contribution in [3.63, 3.8) is 0 Å². The summed E-state index contributed by atoms with van der Waals surface area (Å²) in [6.45, 7) is 0. The van der Waals surface area contributed by atoms with E-state index in [0.717, 1.165) is 0 Å². The van der Waals surface area contributed by atoms with Gasteiger partial charge in [0.15, 0.2) is 6.10 Å². The van der Waals surface area contributed by atoms with E-state index < -0.39 is 76.2 Å². The molecule has 2 aliphatic rings. The van der Waals surface area contributed by atoms with Gasteiger partial charge in [-0.05, 0) is 72.0 Å². The molecule has 6 N–H and O–H groups in total. The normalized spacial score (nSPS) is 25.3. The quantitative estimate of drug-likeness (QED) is 0.0916. The van der Waals surface area contributed by atoms with Crippen LogP contribution in [0.25, 0.3) is 11.1 Å². The van der Waals surface area contributed by atoms with Gasteiger partial charge in [-0.25, -0.2) is 9.18 Å². The number of phenolic OH excluding ortho intramolecular Hbond substituents is 1. The van der Waals surface area contributed by atoms with E-state index in [1.54, 1.807) is 54.6 Å². The lowest BCUT2D eigenvalue weighted by atomic mass is 9.77. The molecule has 0 aromatic heterocycles. The molecule has 6 rings (SSSR count). The third-order valence-corrected chi connectivity index (χ3v) is 10.5. The largest absolute Gasteiger partial charge is 0.508 e. The van der Waals surface area contributed by atoms with Crippen molar-refractivity contribution in [2.45, 2.75) is 55.5 Å². The highest BCUT2D eigenvalue weighted by molar-refractivity contribution is 7.87. The second-order valence-corrected chi connectivity index (χ2v) is 14.4. The number of hydrogen-bond acceptors (Lipinski definition) is 11. The fourth-order valence-corrected chi connectivity index (χ4v) is 7.76. The number of aliphatic carboxylic acids is 1. The van der Waals surface area contributed by atoms with E-state index in [-0.39, 0.29) is 35.8 Å². The third-order valence-electron chi connectivity index (χ3n) is 9.33. The van der Waals surface area contributed by atoms with Crippen LogP contribution in [0.5, 0.6) is 11.5 Å². The Bertz CT molecular complexity index is 2010. The maximum absolute atomic E-state index is 13.8. The summed E-state index contributed by atoms with van der Waals surface area (Å²) in [5.74, 6) is -4.56. The molecule has 2 aliphatic heterocycles. The van der Waals surface area contributed by atoms with Crippen LogP contribution in [0.4, 0.5) is 10.1 Å². The number of anilines is 1. The maximum Gasteiger partial charge on any atom is 0.335 e. The zero-order valence-corrected chi connectivity index (χ0v) is 28.2. The topological polar surface area (TPSA) is 211 Å². The van der Waals surface area contributed by atoms with Crippen LogP contribution in [-0.2, 0) is 24.4 Å². The smallest absolute Gasteiger partial charge is 0.335 e. The van der Waals surface area contributed by atoms with Gasteiger partial charge >= 0.3 is 16.1 Å². The minimum atomic E-state index is -4.77. The van der Waals surface area contributed by atoms with Gasteiger partial charge in [-0.2, -0.15) is 8.42 Å². The Hall–Kier alpha value is -4.90. The first kappa shape index (κ1) is 36.9. The number of para-hydroxylation sites is 1. The van der Waals surface area contributed by atoms with Crippen LogP contribution in [0.3, 0.4) is 0 Å². The first-order valence-electron chi connectivity index (χ1n) is 16.3. The minimum absolute atomic E-state index is 0.00502. The lowest BCUT2D eigenvalue weighted by Gasteiger charge is -2.48. The number of amides is 1. The van der Waals surface area contributed by atoms with Gasteiger partial charge in [0.2, 0.25) is 5.91 Å². The summed E-state index contributed by atoms with van der Waals surface area (Å²) >= 11 is 0. The number of ether oxygens (including phenoxy) is 1. The molecule has 2 unspecified atom stereocenters. The predicted octanol–water partition coefficient (Wildman–Crippen LogP) is 3.06. The van der Waals surface area contributed by atoms with Gasteiger partial charge in [0.25, 0.3) is 0 Å². The molecule has 4 aromatic rings. The van der Waals surface area contributed by atoms with Crippen molar-refractivity contribution in [1.29, 1.82) is 0 Å². The van der Waals surface area contributed by atoms with E-state index in [2.05, 4.69) is 0 Å². The van der Waals surface area contributed by atoms with Crippen molar-refractivity contribution in [1.82, 2.24) is 0 Å². The highest BCUT2D eigenvalue weighted by Gasteiger charge is 2.51. The van der Waals surface area contributed by atoms with E-state index in [1.165, 1.54) is 47.4 Å². The Morgan fingerprint density at radius 2 is 1.54 bits per heavy atom. The number of benzene rings is 4. The van der Waals surface area contributed by atoms with Crippen molar-refractivity contribution in [3.8, 4) is 22.6 Å². The van der Waals surface area contributed by atoms with Gasteiger partial charge in [-0.1, -0.05) is 54.6 Å². The zero-order valence-electron chi connectivity index (χ0n) is 27.3. The first-order chi connectivity index (χ1) is 24.7. The SMILES string of the molecule is O=C(O)C1O[C@@H](CS(=O)(=O)Oc2cc(-c3ccc(O)cc3)ccc2[C@@H]2[C@@H](CC[C@H](O)c3ccc(F)cc3)C(=O)N2c2ccccc2)C(O)[C@@H](O)[C@@H]1O. The second-order valence-electron chi connectivity index (χ2n) is 12.8. The molecule has 52 heavy (non-hydrogen) atoms. The maximum atomic E-state index is 13.8. The zero-order chi connectivity index (χ0) is 37.3. The highest BCUT2D eigenvalue weighted by atomic mass is 32.2. The Labute approximate surface area is 297 Å². The summed E-state index contributed by atoms with van der Waals surface area (Å²) < 4.78 is 51.7. The number of aliphatic hydroxyl groups excluding tert-OH is 4. The number of aliphatic hydroxyl groups is 4. The van der Waals surface area contributed by atoms with Crippen LogP contribution in [0.15, 0.2) is 97.1 Å². The molecule has 0 bridgehead atoms. The Balaban J connectivity index is 1.36. The summed E-state index contributed by atoms with van der Waals surface area (Å²) in [4.78, 5) is 26.9. The average Bonchev–Trinajstić information content (AvgIpc) is 3.11. The van der Waals surface area contributed by atoms with E-state index in [9.17, 15) is 53.0 Å². The van der Waals surface area contributed by atoms with E-state index >= 15 is 0 Å². The van der Waals surface area contributed by atoms with Crippen LogP contribution < -0.4 is 9.08 Å². The van der Waals surface area contributed by atoms with Crippen LogP contribution in [-0.4, -0.2) is 87.2 Å². The molecule has 274 valence electrons. The van der Waals surface area contributed by atoms with Crippen molar-refractivity contribution in [2.24, 2.45) is 5.92 Å². The molecule has 2 heterocycles. The molecule has 0 spiro atoms. The Morgan fingerprint density at radius 1 is 0.885 bits per heavy atom. The molecule has 0 radical (unpaired) electrons. The number of β-lactam (4-membered cyclic amide) rings is 1. The summed E-state index contributed by atoms with van der Waals surface area (Å²) in [6, 6.07) is 23.9. The standard InChI is InChI=1S/C37H36FNO12S/c38-23-11-6-21(7-12-23)28(41)17-16-27-31(39(36(27)45)24-4-2-1-3-5-24)26-15-10-22(20-8-13-25(40)14-9-20)18-29(26)51-52(48,49)19-30-32(42)33(43)34(44)35(50-30)37(46)47/h1-15,18,27-28,30-35,40-44H,16-17,19H2,(H,46,47)/t27-,28+,30+,31-,32?,33-,34+,35?/m1/s1. The van der Waals surface area contributed by atoms with Gasteiger partial charge in [0.1, 0.15) is 47.5 Å². The third kappa shape index (κ3) is 7.65. The number of hydrogen-bond donors (Lipinski definition) is 6. The van der Waals surface area contributed by atoms with Crippen molar-refractivity contribution in [2.75, 3.05) is 10.7 Å². The van der Waals surface area contributed by atoms with Crippen molar-refractivity contribution < 1.29 is 62.0 Å². The average molecular weight is 738 g/mol. The minimum Gasteiger partial charge on any atom is -0.508 e. The van der Waals surface area contributed by atoms with E-state index in [1.807, 2.05) is 0 Å². The number of carbonyl (C=O) groups excluding carboxylic acids is 1. The van der Waals surface area contributed by atoms with Crippen LogP contribution in [0.1, 0.15) is 36.1 Å². The van der Waals surface area contributed by atoms with E-state index in [4.69, 9.17) is 8.92 Å². The number of carboxylic acid groups (broad SMARTS) is 1. The van der Waals surface area contributed by atoms with Gasteiger partial charge in [0, 0.05) is 11.3 Å². The van der Waals surface area contributed by atoms with Gasteiger partial charge in [0.05, 0.1) is 18.1 Å². The number of halogens is 1.